The molecule has 2 aromatic rings. The van der Waals surface area contributed by atoms with Crippen LogP contribution in [0.15, 0.2) is 34.8 Å². The zero-order chi connectivity index (χ0) is 18.2. The molecule has 1 aliphatic rings. The Labute approximate surface area is 147 Å². The number of halogens is 5. The first-order valence-electron chi connectivity index (χ1n) is 7.03. The van der Waals surface area contributed by atoms with E-state index >= 15 is 0 Å². The minimum absolute atomic E-state index is 0.0768. The molecule has 1 aliphatic heterocycles. The Morgan fingerprint density at radius 2 is 1.84 bits per heavy atom. The Kier molecular flexibility index (Phi) is 4.59. The number of alkyl halides is 3. The van der Waals surface area contributed by atoms with E-state index in [-0.39, 0.29) is 5.56 Å². The van der Waals surface area contributed by atoms with Crippen molar-refractivity contribution in [3.63, 3.8) is 0 Å². The zero-order valence-electron chi connectivity index (χ0n) is 12.4. The van der Waals surface area contributed by atoms with E-state index in [0.29, 0.717) is 47.4 Å². The number of hydrogen-bond donors (Lipinski definition) is 1. The second-order valence-electron chi connectivity index (χ2n) is 5.13. The van der Waals surface area contributed by atoms with Crippen LogP contribution in [0.5, 0.6) is 11.5 Å². The van der Waals surface area contributed by atoms with E-state index in [1.807, 2.05) is 0 Å². The Balaban J connectivity index is 1.89. The van der Waals surface area contributed by atoms with E-state index in [4.69, 9.17) is 9.47 Å². The van der Waals surface area contributed by atoms with Crippen LogP contribution in [0.4, 0.5) is 23.2 Å². The molecule has 0 saturated carbocycles. The molecule has 4 nitrogen and oxygen atoms in total. The van der Waals surface area contributed by atoms with Crippen molar-refractivity contribution < 1.29 is 31.8 Å². The topological polar surface area (TPSA) is 47.6 Å². The van der Waals surface area contributed by atoms with Crippen molar-refractivity contribution >= 4 is 27.5 Å². The van der Waals surface area contributed by atoms with Crippen molar-refractivity contribution in [1.29, 1.82) is 0 Å². The number of hydrogen-bond acceptors (Lipinski definition) is 3. The number of carbonyl (C=O) groups excluding carboxylic acids is 1. The monoisotopic (exact) mass is 419 g/mol. The number of carbonyl (C=O) groups is 1. The lowest BCUT2D eigenvalue weighted by molar-refractivity contribution is -0.137. The molecule has 0 saturated heterocycles. The minimum Gasteiger partial charge on any atom is -0.486 e. The van der Waals surface area contributed by atoms with Gasteiger partial charge in [-0.25, -0.2) is 4.39 Å². The number of ether oxygens (including phenoxy) is 2. The van der Waals surface area contributed by atoms with E-state index in [0.717, 1.165) is 0 Å². The number of anilines is 1. The summed E-state index contributed by atoms with van der Waals surface area (Å²) in [6, 6.07) is 4.58. The van der Waals surface area contributed by atoms with Gasteiger partial charge in [-0.05, 0) is 46.3 Å². The predicted molar refractivity (Wildman–Crippen MR) is 84.5 cm³/mol. The third kappa shape index (κ3) is 3.71. The molecule has 0 unspecified atom stereocenters. The zero-order valence-corrected chi connectivity index (χ0v) is 14.0. The van der Waals surface area contributed by atoms with Gasteiger partial charge in [0.05, 0.1) is 15.7 Å². The van der Waals surface area contributed by atoms with Crippen LogP contribution in [0.1, 0.15) is 15.9 Å². The Morgan fingerprint density at radius 1 is 1.12 bits per heavy atom. The van der Waals surface area contributed by atoms with Gasteiger partial charge in [-0.15, -0.1) is 0 Å². The van der Waals surface area contributed by atoms with Crippen molar-refractivity contribution in [2.45, 2.75) is 6.18 Å². The highest BCUT2D eigenvalue weighted by molar-refractivity contribution is 9.10. The standard InChI is InChI=1S/C16H10BrF4NO3/c17-10-5-8(6-13-14(10)25-4-3-24-13)15(23)22-12-7-9(16(19,20)21)1-2-11(12)18/h1-2,5-7H,3-4H2,(H,22,23). The lowest BCUT2D eigenvalue weighted by Crippen LogP contribution is -2.18. The van der Waals surface area contributed by atoms with Crippen LogP contribution in [-0.4, -0.2) is 19.1 Å². The average molecular weight is 420 g/mol. The largest absolute Gasteiger partial charge is 0.486 e. The van der Waals surface area contributed by atoms with Crippen molar-refractivity contribution in [2.24, 2.45) is 0 Å². The van der Waals surface area contributed by atoms with Crippen LogP contribution in [0.3, 0.4) is 0 Å². The Morgan fingerprint density at radius 3 is 2.56 bits per heavy atom. The highest BCUT2D eigenvalue weighted by atomic mass is 79.9. The molecule has 2 aromatic carbocycles. The van der Waals surface area contributed by atoms with Gasteiger partial charge >= 0.3 is 6.18 Å². The fourth-order valence-corrected chi connectivity index (χ4v) is 2.79. The molecule has 1 amide bonds. The fourth-order valence-electron chi connectivity index (χ4n) is 2.23. The van der Waals surface area contributed by atoms with Gasteiger partial charge in [-0.2, -0.15) is 13.2 Å². The molecular weight excluding hydrogens is 410 g/mol. The average Bonchev–Trinajstić information content (AvgIpc) is 2.55. The second-order valence-corrected chi connectivity index (χ2v) is 5.98. The molecule has 0 aliphatic carbocycles. The van der Waals surface area contributed by atoms with Crippen LogP contribution >= 0.6 is 15.9 Å². The van der Waals surface area contributed by atoms with E-state index < -0.39 is 29.2 Å². The molecule has 0 bridgehead atoms. The van der Waals surface area contributed by atoms with Crippen LogP contribution in [0.2, 0.25) is 0 Å². The Hall–Kier alpha value is -2.29. The second kappa shape index (κ2) is 6.55. The smallest absolute Gasteiger partial charge is 0.416 e. The van der Waals surface area contributed by atoms with Gasteiger partial charge < -0.3 is 14.8 Å². The first kappa shape index (κ1) is 17.5. The molecule has 3 rings (SSSR count). The van der Waals surface area contributed by atoms with Gasteiger partial charge in [0.2, 0.25) is 0 Å². The summed E-state index contributed by atoms with van der Waals surface area (Å²) in [4.78, 5) is 12.3. The quantitative estimate of drug-likeness (QED) is 0.721. The van der Waals surface area contributed by atoms with Crippen LogP contribution in [0.25, 0.3) is 0 Å². The van der Waals surface area contributed by atoms with Gasteiger partial charge in [0.25, 0.3) is 5.91 Å². The highest BCUT2D eigenvalue weighted by Gasteiger charge is 2.31. The molecule has 25 heavy (non-hydrogen) atoms. The Bertz CT molecular complexity index is 839. The van der Waals surface area contributed by atoms with Gasteiger partial charge in [0, 0.05) is 5.56 Å². The molecule has 0 fully saturated rings. The maximum atomic E-state index is 13.8. The summed E-state index contributed by atoms with van der Waals surface area (Å²) in [5, 5.41) is 2.14. The van der Waals surface area contributed by atoms with Crippen LogP contribution in [-0.2, 0) is 6.18 Å². The fraction of sp³-hybridized carbons (Fsp3) is 0.188. The maximum absolute atomic E-state index is 13.8. The lowest BCUT2D eigenvalue weighted by atomic mass is 10.1. The molecule has 1 heterocycles. The molecule has 0 radical (unpaired) electrons. The van der Waals surface area contributed by atoms with Crippen molar-refractivity contribution in [2.75, 3.05) is 18.5 Å². The van der Waals surface area contributed by atoms with Crippen molar-refractivity contribution in [1.82, 2.24) is 0 Å². The molecule has 9 heteroatoms. The molecule has 0 aromatic heterocycles. The summed E-state index contributed by atoms with van der Waals surface area (Å²) < 4.78 is 63.1. The number of amides is 1. The first-order valence-corrected chi connectivity index (χ1v) is 7.82. The van der Waals surface area contributed by atoms with Gasteiger partial charge in [0.1, 0.15) is 19.0 Å². The van der Waals surface area contributed by atoms with Gasteiger partial charge in [0.15, 0.2) is 11.5 Å². The molecule has 0 spiro atoms. The van der Waals surface area contributed by atoms with Crippen LogP contribution in [0, 0.1) is 5.82 Å². The number of fused-ring (bicyclic) bond motifs is 1. The molecule has 132 valence electrons. The SMILES string of the molecule is O=C(Nc1cc(C(F)(F)F)ccc1F)c1cc(Br)c2c(c1)OCCO2. The van der Waals surface area contributed by atoms with E-state index in [2.05, 4.69) is 21.2 Å². The summed E-state index contributed by atoms with van der Waals surface area (Å²) in [6.07, 6.45) is -4.65. The van der Waals surface area contributed by atoms with E-state index in [1.54, 1.807) is 0 Å². The van der Waals surface area contributed by atoms with E-state index in [9.17, 15) is 22.4 Å². The lowest BCUT2D eigenvalue weighted by Gasteiger charge is -2.20. The number of rotatable bonds is 2. The summed E-state index contributed by atoms with van der Waals surface area (Å²) in [5.74, 6) is -1.02. The summed E-state index contributed by atoms with van der Waals surface area (Å²) in [5.41, 5.74) is -1.55. The first-order chi connectivity index (χ1) is 11.8. The number of nitrogens with one attached hydrogen (secondary N) is 1. The number of benzene rings is 2. The normalized spacial score (nSPS) is 13.5. The molecular formula is C16H10BrF4NO3. The molecule has 0 atom stereocenters. The van der Waals surface area contributed by atoms with Crippen LogP contribution < -0.4 is 14.8 Å². The third-order valence-electron chi connectivity index (χ3n) is 3.40. The summed E-state index contributed by atoms with van der Waals surface area (Å²) in [7, 11) is 0. The van der Waals surface area contributed by atoms with Gasteiger partial charge in [-0.3, -0.25) is 4.79 Å². The maximum Gasteiger partial charge on any atom is 0.416 e. The predicted octanol–water partition coefficient (Wildman–Crippen LogP) is 4.63. The molecule has 1 N–H and O–H groups in total. The van der Waals surface area contributed by atoms with E-state index in [1.165, 1.54) is 12.1 Å². The minimum atomic E-state index is -4.65. The van der Waals surface area contributed by atoms with Crippen molar-refractivity contribution in [3.05, 3.63) is 51.7 Å². The van der Waals surface area contributed by atoms with Crippen molar-refractivity contribution in [3.8, 4) is 11.5 Å². The third-order valence-corrected chi connectivity index (χ3v) is 3.99. The summed E-state index contributed by atoms with van der Waals surface area (Å²) >= 11 is 3.23. The summed E-state index contributed by atoms with van der Waals surface area (Å²) in [6.45, 7) is 0.652. The highest BCUT2D eigenvalue weighted by Crippen LogP contribution is 2.39. The van der Waals surface area contributed by atoms with Gasteiger partial charge in [-0.1, -0.05) is 0 Å².